The van der Waals surface area contributed by atoms with Gasteiger partial charge in [-0.05, 0) is 49.9 Å². The van der Waals surface area contributed by atoms with Crippen LogP contribution in [0.3, 0.4) is 0 Å². The molecule has 3 saturated carbocycles. The van der Waals surface area contributed by atoms with Crippen LogP contribution in [0.1, 0.15) is 31.0 Å². The number of ether oxygens (including phenoxy) is 2. The molecule has 3 N–H and O–H groups in total. The zero-order valence-corrected chi connectivity index (χ0v) is 15.7. The van der Waals surface area contributed by atoms with E-state index < -0.39 is 17.5 Å². The second-order valence-electron chi connectivity index (χ2n) is 7.90. The number of carboxylic acids is 1. The van der Waals surface area contributed by atoms with Crippen LogP contribution < -0.4 is 10.5 Å². The minimum atomic E-state index is -0.859. The molecule has 1 aromatic carbocycles. The van der Waals surface area contributed by atoms with Crippen molar-refractivity contribution in [1.82, 2.24) is 5.16 Å². The van der Waals surface area contributed by atoms with Crippen molar-refractivity contribution in [2.24, 2.45) is 22.5 Å². The van der Waals surface area contributed by atoms with Crippen molar-refractivity contribution in [2.75, 3.05) is 6.61 Å². The normalized spacial score (nSPS) is 27.4. The van der Waals surface area contributed by atoms with Crippen LogP contribution in [0.15, 0.2) is 28.8 Å². The molecule has 1 aromatic heterocycles. The predicted molar refractivity (Wildman–Crippen MR) is 97.4 cm³/mol. The first-order chi connectivity index (χ1) is 13.3. The minimum Gasteiger partial charge on any atom is -0.493 e. The van der Waals surface area contributed by atoms with Crippen molar-refractivity contribution in [2.45, 2.75) is 33.3 Å². The Balaban J connectivity index is 1.41. The van der Waals surface area contributed by atoms with E-state index in [0.29, 0.717) is 42.2 Å². The SMILES string of the molecule is Cc1noc(-c2ccc(OCC34CC(C(=O)O)(C3)[C@@H]4C)cc2)c1COC(N)=O. The molecule has 8 nitrogen and oxygen atoms in total. The maximum absolute atomic E-state index is 11.4. The van der Waals surface area contributed by atoms with E-state index in [2.05, 4.69) is 5.16 Å². The molecule has 0 aliphatic heterocycles. The maximum Gasteiger partial charge on any atom is 0.404 e. The number of aliphatic carboxylic acids is 1. The van der Waals surface area contributed by atoms with Crippen LogP contribution in [0.25, 0.3) is 11.3 Å². The van der Waals surface area contributed by atoms with Gasteiger partial charge in [0.05, 0.1) is 23.3 Å². The smallest absolute Gasteiger partial charge is 0.404 e. The van der Waals surface area contributed by atoms with Crippen LogP contribution in [0.2, 0.25) is 0 Å². The molecule has 0 radical (unpaired) electrons. The first-order valence-corrected chi connectivity index (χ1v) is 9.11. The number of aryl methyl sites for hydroxylation is 1. The molecule has 5 rings (SSSR count). The third-order valence-electron chi connectivity index (χ3n) is 6.49. The Kier molecular flexibility index (Phi) is 4.10. The van der Waals surface area contributed by atoms with Crippen molar-refractivity contribution >= 4 is 12.1 Å². The van der Waals surface area contributed by atoms with Gasteiger partial charge in [-0.3, -0.25) is 4.79 Å². The van der Waals surface area contributed by atoms with Crippen LogP contribution in [-0.4, -0.2) is 28.9 Å². The molecule has 3 fully saturated rings. The quantitative estimate of drug-likeness (QED) is 0.749. The zero-order chi connectivity index (χ0) is 20.1. The number of aromatic nitrogens is 1. The van der Waals surface area contributed by atoms with Gasteiger partial charge >= 0.3 is 12.1 Å². The van der Waals surface area contributed by atoms with Gasteiger partial charge < -0.3 is 24.8 Å². The van der Waals surface area contributed by atoms with Crippen LogP contribution >= 0.6 is 0 Å². The number of carbonyl (C=O) groups is 2. The summed E-state index contributed by atoms with van der Waals surface area (Å²) >= 11 is 0. The molecular weight excluding hydrogens is 364 g/mol. The van der Waals surface area contributed by atoms with E-state index in [1.54, 1.807) is 6.92 Å². The Morgan fingerprint density at radius 2 is 2.00 bits per heavy atom. The molecule has 8 heteroatoms. The van der Waals surface area contributed by atoms with Crippen molar-refractivity contribution < 1.29 is 28.7 Å². The summed E-state index contributed by atoms with van der Waals surface area (Å²) in [4.78, 5) is 22.2. The summed E-state index contributed by atoms with van der Waals surface area (Å²) in [6, 6.07) is 7.34. The lowest BCUT2D eigenvalue weighted by Gasteiger charge is -2.73. The highest BCUT2D eigenvalue weighted by Crippen LogP contribution is 2.77. The van der Waals surface area contributed by atoms with E-state index in [4.69, 9.17) is 19.7 Å². The molecule has 148 valence electrons. The topological polar surface area (TPSA) is 125 Å². The van der Waals surface area contributed by atoms with Crippen LogP contribution in [0.4, 0.5) is 4.79 Å². The molecule has 0 saturated heterocycles. The number of hydrogen-bond donors (Lipinski definition) is 2. The number of primary amides is 1. The summed E-state index contributed by atoms with van der Waals surface area (Å²) < 4.78 is 16.2. The number of benzene rings is 1. The number of nitrogens with two attached hydrogens (primary N) is 1. The average Bonchev–Trinajstić information content (AvgIpc) is 2.99. The highest BCUT2D eigenvalue weighted by Gasteiger charge is 2.77. The minimum absolute atomic E-state index is 0.00993. The lowest BCUT2D eigenvalue weighted by atomic mass is 9.29. The number of hydrogen-bond acceptors (Lipinski definition) is 6. The van der Waals surface area contributed by atoms with Gasteiger partial charge in [0.15, 0.2) is 5.76 Å². The summed E-state index contributed by atoms with van der Waals surface area (Å²) in [5.74, 6) is 0.671. The number of amides is 1. The number of nitrogens with zero attached hydrogens (tertiary/aromatic N) is 1. The monoisotopic (exact) mass is 386 g/mol. The molecule has 3 aliphatic carbocycles. The molecule has 0 spiro atoms. The Hall–Kier alpha value is -3.03. The number of carbonyl (C=O) groups excluding carboxylic acids is 1. The lowest BCUT2D eigenvalue weighted by molar-refractivity contribution is -0.277. The zero-order valence-electron chi connectivity index (χ0n) is 15.7. The molecule has 1 amide bonds. The van der Waals surface area contributed by atoms with Gasteiger partial charge in [-0.15, -0.1) is 0 Å². The fourth-order valence-electron chi connectivity index (χ4n) is 4.56. The van der Waals surface area contributed by atoms with Crippen LogP contribution in [0.5, 0.6) is 5.75 Å². The Bertz CT molecular complexity index is 927. The summed E-state index contributed by atoms with van der Waals surface area (Å²) in [5.41, 5.74) is 6.55. The third-order valence-corrected chi connectivity index (χ3v) is 6.49. The first-order valence-electron chi connectivity index (χ1n) is 9.11. The van der Waals surface area contributed by atoms with E-state index in [0.717, 1.165) is 5.56 Å². The third kappa shape index (κ3) is 2.63. The average molecular weight is 386 g/mol. The van der Waals surface area contributed by atoms with Gasteiger partial charge in [0.1, 0.15) is 12.4 Å². The molecule has 2 bridgehead atoms. The summed E-state index contributed by atoms with van der Waals surface area (Å²) in [6.07, 6.45) is 0.521. The molecule has 0 unspecified atom stereocenters. The van der Waals surface area contributed by atoms with Crippen LogP contribution in [-0.2, 0) is 16.1 Å². The van der Waals surface area contributed by atoms with Gasteiger partial charge in [0.25, 0.3) is 0 Å². The standard InChI is InChI=1S/C20H22N2O6/c1-11-15(7-26-18(21)25)16(28-22-11)13-3-5-14(6-4-13)27-10-19-8-20(9-19,12(19)2)17(23)24/h3-6,12H,7-10H2,1-2H3,(H2,21,25)(H,23,24)/t12-,19?,20?/m1/s1. The molecule has 1 atom stereocenters. The fraction of sp³-hybridized carbons (Fsp3) is 0.450. The molecule has 2 aromatic rings. The summed E-state index contributed by atoms with van der Waals surface area (Å²) in [5, 5.41) is 13.3. The van der Waals surface area contributed by atoms with Crippen molar-refractivity contribution in [3.8, 4) is 17.1 Å². The van der Waals surface area contributed by atoms with Crippen molar-refractivity contribution in [3.05, 3.63) is 35.5 Å². The Morgan fingerprint density at radius 3 is 2.57 bits per heavy atom. The predicted octanol–water partition coefficient (Wildman–Crippen LogP) is 3.13. The summed E-state index contributed by atoms with van der Waals surface area (Å²) in [7, 11) is 0. The van der Waals surface area contributed by atoms with E-state index in [1.807, 2.05) is 31.2 Å². The van der Waals surface area contributed by atoms with E-state index in [1.165, 1.54) is 0 Å². The fourth-order valence-corrected chi connectivity index (χ4v) is 4.56. The van der Waals surface area contributed by atoms with Gasteiger partial charge in [-0.25, -0.2) is 4.79 Å². The largest absolute Gasteiger partial charge is 0.493 e. The Morgan fingerprint density at radius 1 is 1.32 bits per heavy atom. The Labute approximate surface area is 161 Å². The molecular formula is C20H22N2O6. The van der Waals surface area contributed by atoms with Gasteiger partial charge in [-0.1, -0.05) is 12.1 Å². The van der Waals surface area contributed by atoms with Gasteiger partial charge in [-0.2, -0.15) is 0 Å². The number of carboxylic acid groups (broad SMARTS) is 1. The van der Waals surface area contributed by atoms with E-state index >= 15 is 0 Å². The van der Waals surface area contributed by atoms with Gasteiger partial charge in [0, 0.05) is 11.0 Å². The van der Waals surface area contributed by atoms with Crippen LogP contribution in [0, 0.1) is 23.7 Å². The van der Waals surface area contributed by atoms with E-state index in [-0.39, 0.29) is 17.9 Å². The summed E-state index contributed by atoms with van der Waals surface area (Å²) in [6.45, 7) is 4.26. The van der Waals surface area contributed by atoms with E-state index in [9.17, 15) is 14.7 Å². The van der Waals surface area contributed by atoms with Gasteiger partial charge in [0.2, 0.25) is 0 Å². The van der Waals surface area contributed by atoms with Crippen molar-refractivity contribution in [1.29, 1.82) is 0 Å². The maximum atomic E-state index is 11.4. The second-order valence-corrected chi connectivity index (χ2v) is 7.90. The number of rotatable bonds is 7. The highest BCUT2D eigenvalue weighted by molar-refractivity contribution is 5.80. The molecule has 3 aliphatic rings. The lowest BCUT2D eigenvalue weighted by Crippen LogP contribution is -2.74. The highest BCUT2D eigenvalue weighted by atomic mass is 16.5. The molecule has 1 heterocycles. The first kappa shape index (κ1) is 18.3. The molecule has 28 heavy (non-hydrogen) atoms. The second kappa shape index (κ2) is 6.25. The van der Waals surface area contributed by atoms with Crippen molar-refractivity contribution in [3.63, 3.8) is 0 Å².